The lowest BCUT2D eigenvalue weighted by Crippen LogP contribution is -2.15. The van der Waals surface area contributed by atoms with Crippen LogP contribution in [-0.2, 0) is 26.3 Å². The molecule has 7 heteroatoms. The van der Waals surface area contributed by atoms with Gasteiger partial charge in [0.15, 0.2) is 11.7 Å². The molecular formula is C18H22N2O4S. The molecule has 0 aliphatic carbocycles. The van der Waals surface area contributed by atoms with Gasteiger partial charge in [0, 0.05) is 12.3 Å². The fraction of sp³-hybridized carbons (Fsp3) is 0.389. The van der Waals surface area contributed by atoms with E-state index >= 15 is 0 Å². The van der Waals surface area contributed by atoms with Gasteiger partial charge in [-0.2, -0.15) is 0 Å². The minimum Gasteiger partial charge on any atom is -0.482 e. The molecule has 1 amide bonds. The zero-order valence-electron chi connectivity index (χ0n) is 14.8. The maximum absolute atomic E-state index is 11.8. The molecule has 1 aromatic carbocycles. The van der Waals surface area contributed by atoms with Crippen molar-refractivity contribution < 1.29 is 19.1 Å². The minimum atomic E-state index is -0.478. The van der Waals surface area contributed by atoms with Crippen LogP contribution in [0.4, 0.5) is 5.13 Å². The molecule has 0 atom stereocenters. The first-order valence-corrected chi connectivity index (χ1v) is 8.73. The van der Waals surface area contributed by atoms with Gasteiger partial charge in [-0.3, -0.25) is 4.79 Å². The number of anilines is 1. The Kier molecular flexibility index (Phi) is 6.14. The second-order valence-electron chi connectivity index (χ2n) is 6.55. The second-order valence-corrected chi connectivity index (χ2v) is 7.41. The molecule has 0 saturated carbocycles. The normalized spacial score (nSPS) is 11.0. The van der Waals surface area contributed by atoms with E-state index in [1.807, 2.05) is 24.3 Å². The van der Waals surface area contributed by atoms with Gasteiger partial charge in [0.2, 0.25) is 5.91 Å². The quantitative estimate of drug-likeness (QED) is 0.796. The monoisotopic (exact) mass is 362 g/mol. The summed E-state index contributed by atoms with van der Waals surface area (Å²) in [5, 5.41) is 4.78. The molecule has 1 aromatic heterocycles. The Morgan fingerprint density at radius 1 is 1.20 bits per heavy atom. The van der Waals surface area contributed by atoms with Crippen LogP contribution in [0.5, 0.6) is 5.75 Å². The van der Waals surface area contributed by atoms with E-state index in [9.17, 15) is 9.59 Å². The molecular weight excluding hydrogens is 340 g/mol. The third-order valence-electron chi connectivity index (χ3n) is 3.29. The number of carbonyl (C=O) groups excluding carboxylic acids is 2. The molecule has 0 fully saturated rings. The molecule has 0 aliphatic heterocycles. The highest BCUT2D eigenvalue weighted by Gasteiger charge is 2.13. The average Bonchev–Trinajstić information content (AvgIpc) is 2.97. The molecule has 2 rings (SSSR count). The first-order valence-electron chi connectivity index (χ1n) is 7.85. The summed E-state index contributed by atoms with van der Waals surface area (Å²) >= 11 is 1.28. The molecule has 6 nitrogen and oxygen atoms in total. The van der Waals surface area contributed by atoms with Crippen LogP contribution >= 0.6 is 11.3 Å². The number of esters is 1. The predicted octanol–water partition coefficient (Wildman–Crippen LogP) is 3.52. The van der Waals surface area contributed by atoms with E-state index in [-0.39, 0.29) is 24.5 Å². The average molecular weight is 362 g/mol. The molecule has 0 spiro atoms. The fourth-order valence-corrected chi connectivity index (χ4v) is 2.71. The van der Waals surface area contributed by atoms with Crippen molar-refractivity contribution in [3.63, 3.8) is 0 Å². The third-order valence-corrected chi connectivity index (χ3v) is 4.10. The lowest BCUT2D eigenvalue weighted by atomic mass is 9.87. The second kappa shape index (κ2) is 8.11. The Labute approximate surface area is 151 Å². The first kappa shape index (κ1) is 18.9. The van der Waals surface area contributed by atoms with E-state index in [2.05, 4.69) is 31.1 Å². The minimum absolute atomic E-state index is 0.0429. The van der Waals surface area contributed by atoms with Crippen molar-refractivity contribution >= 4 is 28.3 Å². The van der Waals surface area contributed by atoms with Gasteiger partial charge in [0.05, 0.1) is 5.69 Å². The number of carbonyl (C=O) groups is 2. The van der Waals surface area contributed by atoms with Gasteiger partial charge in [-0.15, -0.1) is 11.3 Å². The Balaban J connectivity index is 1.77. The van der Waals surface area contributed by atoms with Crippen LogP contribution in [0.15, 0.2) is 29.6 Å². The highest BCUT2D eigenvalue weighted by molar-refractivity contribution is 7.13. The van der Waals surface area contributed by atoms with Crippen LogP contribution in [0.25, 0.3) is 0 Å². The number of hydrogen-bond donors (Lipinski definition) is 1. The fourth-order valence-electron chi connectivity index (χ4n) is 1.97. The summed E-state index contributed by atoms with van der Waals surface area (Å²) in [6, 6.07) is 7.65. The molecule has 25 heavy (non-hydrogen) atoms. The van der Waals surface area contributed by atoms with Crippen LogP contribution in [0.1, 0.15) is 39.0 Å². The standard InChI is InChI=1S/C18H22N2O4S/c1-12(21)19-17-20-14(11-25-17)9-24-16(22)10-23-15-7-5-13(6-8-15)18(2,3)4/h5-8,11H,9-10H2,1-4H3,(H,19,20,21). The molecule has 1 N–H and O–H groups in total. The Bertz CT molecular complexity index is 732. The van der Waals surface area contributed by atoms with E-state index in [0.717, 1.165) is 0 Å². The number of amides is 1. The van der Waals surface area contributed by atoms with E-state index in [4.69, 9.17) is 9.47 Å². The molecule has 0 bridgehead atoms. The summed E-state index contributed by atoms with van der Waals surface area (Å²) in [6.45, 7) is 7.69. The van der Waals surface area contributed by atoms with Crippen LogP contribution in [-0.4, -0.2) is 23.5 Å². The Morgan fingerprint density at radius 2 is 1.88 bits per heavy atom. The molecule has 134 valence electrons. The smallest absolute Gasteiger partial charge is 0.344 e. The Morgan fingerprint density at radius 3 is 2.48 bits per heavy atom. The van der Waals surface area contributed by atoms with Crippen molar-refractivity contribution in [3.8, 4) is 5.75 Å². The number of nitrogens with zero attached hydrogens (tertiary/aromatic N) is 1. The van der Waals surface area contributed by atoms with Crippen molar-refractivity contribution in [3.05, 3.63) is 40.9 Å². The molecule has 0 saturated heterocycles. The number of benzene rings is 1. The molecule has 2 aromatic rings. The summed E-state index contributed by atoms with van der Waals surface area (Å²) in [6.07, 6.45) is 0. The van der Waals surface area contributed by atoms with Crippen molar-refractivity contribution in [2.75, 3.05) is 11.9 Å². The van der Waals surface area contributed by atoms with Crippen molar-refractivity contribution in [1.29, 1.82) is 0 Å². The largest absolute Gasteiger partial charge is 0.482 e. The van der Waals surface area contributed by atoms with Gasteiger partial charge in [-0.25, -0.2) is 9.78 Å². The predicted molar refractivity (Wildman–Crippen MR) is 96.9 cm³/mol. The highest BCUT2D eigenvalue weighted by atomic mass is 32.1. The summed E-state index contributed by atoms with van der Waals surface area (Å²) in [5.74, 6) is -0.0516. The van der Waals surface area contributed by atoms with Crippen LogP contribution in [0.3, 0.4) is 0 Å². The molecule has 0 aliphatic rings. The first-order chi connectivity index (χ1) is 11.7. The van der Waals surface area contributed by atoms with E-state index in [1.54, 1.807) is 5.38 Å². The maximum atomic E-state index is 11.8. The number of rotatable bonds is 6. The lowest BCUT2D eigenvalue weighted by molar-refractivity contribution is -0.147. The Hall–Kier alpha value is -2.41. The highest BCUT2D eigenvalue weighted by Crippen LogP contribution is 2.24. The number of hydrogen-bond acceptors (Lipinski definition) is 6. The van der Waals surface area contributed by atoms with Crippen LogP contribution in [0, 0.1) is 0 Å². The molecule has 1 heterocycles. The molecule has 0 unspecified atom stereocenters. The van der Waals surface area contributed by atoms with Gasteiger partial charge in [0.25, 0.3) is 0 Å². The lowest BCUT2D eigenvalue weighted by Gasteiger charge is -2.19. The van der Waals surface area contributed by atoms with Crippen molar-refractivity contribution in [2.45, 2.75) is 39.7 Å². The summed E-state index contributed by atoms with van der Waals surface area (Å²) in [5.41, 5.74) is 1.85. The van der Waals surface area contributed by atoms with Gasteiger partial charge in [-0.05, 0) is 23.1 Å². The van der Waals surface area contributed by atoms with Crippen LogP contribution < -0.4 is 10.1 Å². The zero-order chi connectivity index (χ0) is 18.4. The third kappa shape index (κ3) is 6.19. The van der Waals surface area contributed by atoms with E-state index in [0.29, 0.717) is 16.6 Å². The van der Waals surface area contributed by atoms with Gasteiger partial charge < -0.3 is 14.8 Å². The number of nitrogens with one attached hydrogen (secondary N) is 1. The van der Waals surface area contributed by atoms with Crippen molar-refractivity contribution in [2.24, 2.45) is 0 Å². The van der Waals surface area contributed by atoms with E-state index < -0.39 is 5.97 Å². The van der Waals surface area contributed by atoms with Gasteiger partial charge in [0.1, 0.15) is 12.4 Å². The SMILES string of the molecule is CC(=O)Nc1nc(COC(=O)COc2ccc(C(C)(C)C)cc2)cs1. The van der Waals surface area contributed by atoms with Gasteiger partial charge in [-0.1, -0.05) is 32.9 Å². The van der Waals surface area contributed by atoms with Crippen LogP contribution in [0.2, 0.25) is 0 Å². The van der Waals surface area contributed by atoms with Crippen molar-refractivity contribution in [1.82, 2.24) is 4.98 Å². The van der Waals surface area contributed by atoms with Gasteiger partial charge >= 0.3 is 5.97 Å². The van der Waals surface area contributed by atoms with E-state index in [1.165, 1.54) is 23.8 Å². The maximum Gasteiger partial charge on any atom is 0.344 e. The summed E-state index contributed by atoms with van der Waals surface area (Å²) in [7, 11) is 0. The number of ether oxygens (including phenoxy) is 2. The number of aromatic nitrogens is 1. The zero-order valence-corrected chi connectivity index (χ0v) is 15.6. The summed E-state index contributed by atoms with van der Waals surface area (Å²) in [4.78, 5) is 26.8. The molecule has 0 radical (unpaired) electrons. The number of thiazole rings is 1. The summed E-state index contributed by atoms with van der Waals surface area (Å²) < 4.78 is 10.5. The topological polar surface area (TPSA) is 77.5 Å².